The number of rotatable bonds is 3. The first-order chi connectivity index (χ1) is 9.61. The van der Waals surface area contributed by atoms with Crippen molar-refractivity contribution in [3.63, 3.8) is 0 Å². The molecule has 3 nitrogen and oxygen atoms in total. The number of nitriles is 1. The van der Waals surface area contributed by atoms with Gasteiger partial charge in [0.15, 0.2) is 0 Å². The van der Waals surface area contributed by atoms with Gasteiger partial charge in [-0.15, -0.1) is 0 Å². The fraction of sp³-hybridized carbons (Fsp3) is 0. The van der Waals surface area contributed by atoms with E-state index in [4.69, 9.17) is 0 Å². The zero-order valence-corrected chi connectivity index (χ0v) is 11.9. The van der Waals surface area contributed by atoms with Crippen LogP contribution in [-0.4, -0.2) is 5.97 Å². The average molecular weight is 327 g/mol. The molecule has 2 rings (SSSR count). The van der Waals surface area contributed by atoms with E-state index in [1.807, 2.05) is 24.3 Å². The van der Waals surface area contributed by atoms with Crippen molar-refractivity contribution >= 4 is 33.5 Å². The molecule has 0 unspecified atom stereocenters. The van der Waals surface area contributed by atoms with Crippen molar-refractivity contribution < 1.29 is 9.90 Å². The molecule has 2 aromatic rings. The topological polar surface area (TPSA) is 63.9 Å². The lowest BCUT2D eigenvalue weighted by Crippen LogP contribution is -2.21. The van der Waals surface area contributed by atoms with Gasteiger partial charge in [-0.05, 0) is 28.8 Å². The highest BCUT2D eigenvalue weighted by Gasteiger charge is 2.03. The van der Waals surface area contributed by atoms with Gasteiger partial charge in [-0.1, -0.05) is 58.4 Å². The Bertz CT molecular complexity index is 712. The van der Waals surface area contributed by atoms with Crippen molar-refractivity contribution in [3.8, 4) is 6.07 Å². The Hall–Kier alpha value is -2.38. The minimum atomic E-state index is -1.23. The second-order valence-electron chi connectivity index (χ2n) is 4.06. The summed E-state index contributed by atoms with van der Waals surface area (Å²) >= 11 is 3.42. The zero-order chi connectivity index (χ0) is 14.5. The van der Waals surface area contributed by atoms with E-state index in [0.717, 1.165) is 10.0 Å². The highest BCUT2D eigenvalue weighted by molar-refractivity contribution is 9.10. The second-order valence-corrected chi connectivity index (χ2v) is 4.91. The Labute approximate surface area is 124 Å². The number of carboxylic acids is 1. The molecule has 0 aliphatic heterocycles. The molecule has 0 heterocycles. The van der Waals surface area contributed by atoms with Gasteiger partial charge in [0.05, 0.1) is 17.6 Å². The van der Waals surface area contributed by atoms with Gasteiger partial charge in [-0.3, -0.25) is 0 Å². The van der Waals surface area contributed by atoms with Crippen LogP contribution in [0.15, 0.2) is 53.0 Å². The molecule has 0 bridgehead atoms. The molecule has 0 aliphatic carbocycles. The molecule has 0 saturated carbocycles. The molecule has 98 valence electrons. The number of hydrogen-bond acceptors (Lipinski definition) is 3. The smallest absolute Gasteiger partial charge is 0.0998 e. The number of halogens is 1. The highest BCUT2D eigenvalue weighted by atomic mass is 79.9. The SMILES string of the molecule is N#C/C(=C/c1ccccc1Br)c1ccc(C(=O)[O-])cc1. The molecule has 20 heavy (non-hydrogen) atoms. The summed E-state index contributed by atoms with van der Waals surface area (Å²) in [6.45, 7) is 0. The Morgan fingerprint density at radius 3 is 2.25 bits per heavy atom. The lowest BCUT2D eigenvalue weighted by atomic mass is 10.0. The number of carbonyl (C=O) groups is 1. The second kappa shape index (κ2) is 6.18. The quantitative estimate of drug-likeness (QED) is 0.643. The molecule has 0 atom stereocenters. The summed E-state index contributed by atoms with van der Waals surface area (Å²) in [4.78, 5) is 10.7. The predicted octanol–water partition coefficient (Wildman–Crippen LogP) is 2.88. The molecule has 0 N–H and O–H groups in total. The largest absolute Gasteiger partial charge is 0.545 e. The van der Waals surface area contributed by atoms with Crippen LogP contribution in [0, 0.1) is 11.3 Å². The Morgan fingerprint density at radius 2 is 1.70 bits per heavy atom. The molecule has 0 aliphatic rings. The van der Waals surface area contributed by atoms with Crippen LogP contribution in [0.2, 0.25) is 0 Å². The summed E-state index contributed by atoms with van der Waals surface area (Å²) in [7, 11) is 0. The molecule has 0 saturated heterocycles. The summed E-state index contributed by atoms with van der Waals surface area (Å²) < 4.78 is 0.888. The highest BCUT2D eigenvalue weighted by Crippen LogP contribution is 2.23. The summed E-state index contributed by atoms with van der Waals surface area (Å²) in [6.07, 6.45) is 1.75. The van der Waals surface area contributed by atoms with Crippen molar-refractivity contribution in [3.05, 3.63) is 69.7 Å². The van der Waals surface area contributed by atoms with Crippen LogP contribution in [0.5, 0.6) is 0 Å². The van der Waals surface area contributed by atoms with Crippen LogP contribution in [-0.2, 0) is 0 Å². The van der Waals surface area contributed by atoms with Crippen LogP contribution in [0.1, 0.15) is 21.5 Å². The van der Waals surface area contributed by atoms with Crippen molar-refractivity contribution in [1.82, 2.24) is 0 Å². The van der Waals surface area contributed by atoms with E-state index in [0.29, 0.717) is 11.1 Å². The molecule has 0 fully saturated rings. The Morgan fingerprint density at radius 1 is 1.10 bits per heavy atom. The van der Waals surface area contributed by atoms with Crippen molar-refractivity contribution in [1.29, 1.82) is 5.26 Å². The maximum Gasteiger partial charge on any atom is 0.0998 e. The number of nitrogens with zero attached hydrogens (tertiary/aromatic N) is 1. The maximum atomic E-state index is 10.7. The van der Waals surface area contributed by atoms with Crippen LogP contribution < -0.4 is 5.11 Å². The normalized spacial score (nSPS) is 10.9. The summed E-state index contributed by atoms with van der Waals surface area (Å²) in [6, 6.07) is 15.7. The first-order valence-electron chi connectivity index (χ1n) is 5.80. The summed E-state index contributed by atoms with van der Waals surface area (Å²) in [5.74, 6) is -1.23. The van der Waals surface area contributed by atoms with Crippen molar-refractivity contribution in [2.45, 2.75) is 0 Å². The monoisotopic (exact) mass is 326 g/mol. The molecule has 2 aromatic carbocycles. The average Bonchev–Trinajstić information content (AvgIpc) is 2.46. The molecule has 0 amide bonds. The van der Waals surface area contributed by atoms with E-state index in [1.165, 1.54) is 12.1 Å². The van der Waals surface area contributed by atoms with E-state index < -0.39 is 5.97 Å². The number of aromatic carboxylic acids is 1. The lowest BCUT2D eigenvalue weighted by Gasteiger charge is -2.04. The van der Waals surface area contributed by atoms with Crippen LogP contribution in [0.25, 0.3) is 11.6 Å². The third-order valence-corrected chi connectivity index (χ3v) is 3.48. The first-order valence-corrected chi connectivity index (χ1v) is 6.59. The standard InChI is InChI=1S/C16H10BrNO2/c17-15-4-2-1-3-13(15)9-14(10-18)11-5-7-12(8-6-11)16(19)20/h1-9H,(H,19,20)/p-1/b14-9-. The van der Waals surface area contributed by atoms with Crippen molar-refractivity contribution in [2.75, 3.05) is 0 Å². The first kappa shape index (κ1) is 14.0. The molecule has 0 aromatic heterocycles. The maximum absolute atomic E-state index is 10.7. The molecule has 0 radical (unpaired) electrons. The van der Waals surface area contributed by atoms with Gasteiger partial charge in [-0.2, -0.15) is 5.26 Å². The molecule has 4 heteroatoms. The lowest BCUT2D eigenvalue weighted by molar-refractivity contribution is -0.255. The zero-order valence-electron chi connectivity index (χ0n) is 10.3. The number of benzene rings is 2. The third kappa shape index (κ3) is 3.14. The van der Waals surface area contributed by atoms with Gasteiger partial charge in [0.2, 0.25) is 0 Å². The third-order valence-electron chi connectivity index (χ3n) is 2.76. The van der Waals surface area contributed by atoms with Crippen LogP contribution >= 0.6 is 15.9 Å². The van der Waals surface area contributed by atoms with Crippen molar-refractivity contribution in [2.24, 2.45) is 0 Å². The van der Waals surface area contributed by atoms with Gasteiger partial charge in [0.25, 0.3) is 0 Å². The summed E-state index contributed by atoms with van der Waals surface area (Å²) in [5.41, 5.74) is 2.09. The van der Waals surface area contributed by atoms with E-state index >= 15 is 0 Å². The van der Waals surface area contributed by atoms with Gasteiger partial charge < -0.3 is 9.90 Å². The van der Waals surface area contributed by atoms with Gasteiger partial charge in [0.1, 0.15) is 0 Å². The number of allylic oxidation sites excluding steroid dienone is 1. The van der Waals surface area contributed by atoms with E-state index in [9.17, 15) is 15.2 Å². The van der Waals surface area contributed by atoms with Crippen LogP contribution in [0.3, 0.4) is 0 Å². The molecule has 0 spiro atoms. The predicted molar refractivity (Wildman–Crippen MR) is 78.4 cm³/mol. The summed E-state index contributed by atoms with van der Waals surface area (Å²) in [5, 5.41) is 19.9. The van der Waals surface area contributed by atoms with Gasteiger partial charge in [0, 0.05) is 4.47 Å². The minimum Gasteiger partial charge on any atom is -0.545 e. The number of carbonyl (C=O) groups excluding carboxylic acids is 1. The molecular formula is C16H9BrNO2-. The Kier molecular flexibility index (Phi) is 4.34. The van der Waals surface area contributed by atoms with Gasteiger partial charge in [-0.25, -0.2) is 0 Å². The fourth-order valence-corrected chi connectivity index (χ4v) is 2.11. The van der Waals surface area contributed by atoms with E-state index in [2.05, 4.69) is 22.0 Å². The number of hydrogen-bond donors (Lipinski definition) is 0. The molecular weight excluding hydrogens is 318 g/mol. The number of carboxylic acid groups (broad SMARTS) is 1. The van der Waals surface area contributed by atoms with Crippen LogP contribution in [0.4, 0.5) is 0 Å². The minimum absolute atomic E-state index is 0.0898. The fourth-order valence-electron chi connectivity index (χ4n) is 1.71. The Balaban J connectivity index is 2.41. The van der Waals surface area contributed by atoms with E-state index in [1.54, 1.807) is 18.2 Å². The van der Waals surface area contributed by atoms with Gasteiger partial charge >= 0.3 is 0 Å². The van der Waals surface area contributed by atoms with E-state index in [-0.39, 0.29) is 5.56 Å².